The maximum absolute atomic E-state index is 12.4. The number of hydrogen-bond acceptors (Lipinski definition) is 1. The molecule has 0 radical (unpaired) electrons. The van der Waals surface area contributed by atoms with Gasteiger partial charge >= 0.3 is 12.4 Å². The van der Waals surface area contributed by atoms with E-state index in [9.17, 15) is 26.3 Å². The number of alkyl halides is 6. The van der Waals surface area contributed by atoms with E-state index in [1.165, 1.54) is 0 Å². The van der Waals surface area contributed by atoms with E-state index in [0.29, 0.717) is 12.1 Å². The van der Waals surface area contributed by atoms with E-state index < -0.39 is 32.7 Å². The summed E-state index contributed by atoms with van der Waals surface area (Å²) in [6.07, 6.45) is -9.73. The largest absolute Gasteiger partial charge is 0.419 e. The number of halogens is 7. The fraction of sp³-hybridized carbons (Fsp3) is 0.250. The molecule has 1 aromatic carbocycles. The second-order valence-electron chi connectivity index (χ2n) is 2.89. The Bertz CT molecular complexity index is 408. The minimum absolute atomic E-state index is 0.534. The van der Waals surface area contributed by atoms with Crippen molar-refractivity contribution >= 4 is 28.3 Å². The summed E-state index contributed by atoms with van der Waals surface area (Å²) in [6.45, 7) is 0. The van der Waals surface area contributed by atoms with E-state index in [0.717, 1.165) is 22.6 Å². The highest BCUT2D eigenvalue weighted by molar-refractivity contribution is 14.1. The molecule has 0 aliphatic heterocycles. The predicted molar refractivity (Wildman–Crippen MR) is 53.6 cm³/mol. The molecule has 0 aromatic heterocycles. The van der Waals surface area contributed by atoms with Crippen LogP contribution in [0.3, 0.4) is 0 Å². The van der Waals surface area contributed by atoms with Gasteiger partial charge in [0.1, 0.15) is 0 Å². The molecule has 0 aliphatic carbocycles. The minimum Gasteiger partial charge on any atom is -0.398 e. The fourth-order valence-corrected chi connectivity index (χ4v) is 2.20. The average molecular weight is 355 g/mol. The highest BCUT2D eigenvalue weighted by atomic mass is 127. The zero-order valence-electron chi connectivity index (χ0n) is 7.38. The van der Waals surface area contributed by atoms with Crippen LogP contribution < -0.4 is 5.73 Å². The molecule has 0 atom stereocenters. The molecule has 0 aliphatic rings. The molecule has 2 N–H and O–H groups in total. The van der Waals surface area contributed by atoms with E-state index in [2.05, 4.69) is 0 Å². The van der Waals surface area contributed by atoms with Gasteiger partial charge in [-0.25, -0.2) is 0 Å². The molecule has 0 heterocycles. The summed E-state index contributed by atoms with van der Waals surface area (Å²) in [5.41, 5.74) is 1.53. The maximum atomic E-state index is 12.4. The quantitative estimate of drug-likeness (QED) is 0.426. The predicted octanol–water partition coefficient (Wildman–Crippen LogP) is 3.91. The summed E-state index contributed by atoms with van der Waals surface area (Å²) in [7, 11) is 0. The number of nitrogen functional groups attached to an aromatic ring is 1. The van der Waals surface area contributed by atoms with Gasteiger partial charge in [0.05, 0.1) is 11.1 Å². The van der Waals surface area contributed by atoms with Gasteiger partial charge in [-0.15, -0.1) is 0 Å². The maximum Gasteiger partial charge on any atom is 0.419 e. The third-order valence-corrected chi connectivity index (χ3v) is 2.88. The second-order valence-corrected chi connectivity index (χ2v) is 3.97. The number of benzene rings is 1. The molecule has 16 heavy (non-hydrogen) atoms. The van der Waals surface area contributed by atoms with Crippen LogP contribution in [0.25, 0.3) is 0 Å². The van der Waals surface area contributed by atoms with Crippen LogP contribution in [0.4, 0.5) is 32.0 Å². The van der Waals surface area contributed by atoms with Gasteiger partial charge in [0.25, 0.3) is 0 Å². The first-order valence-electron chi connectivity index (χ1n) is 3.77. The van der Waals surface area contributed by atoms with Crippen LogP contribution in [0.1, 0.15) is 11.1 Å². The van der Waals surface area contributed by atoms with Crippen LogP contribution in [0.15, 0.2) is 12.1 Å². The van der Waals surface area contributed by atoms with Crippen molar-refractivity contribution in [2.45, 2.75) is 12.4 Å². The Morgan fingerprint density at radius 3 is 1.81 bits per heavy atom. The Balaban J connectivity index is 3.52. The Morgan fingerprint density at radius 2 is 1.44 bits per heavy atom. The van der Waals surface area contributed by atoms with Gasteiger partial charge < -0.3 is 5.73 Å². The molecule has 0 fully saturated rings. The Hall–Kier alpha value is -0.670. The van der Waals surface area contributed by atoms with E-state index >= 15 is 0 Å². The van der Waals surface area contributed by atoms with Gasteiger partial charge in [0, 0.05) is 9.26 Å². The lowest BCUT2D eigenvalue weighted by Crippen LogP contribution is -2.16. The summed E-state index contributed by atoms with van der Waals surface area (Å²) in [4.78, 5) is 0. The van der Waals surface area contributed by atoms with E-state index in [4.69, 9.17) is 5.73 Å². The molecule has 0 spiro atoms. The first kappa shape index (κ1) is 13.4. The van der Waals surface area contributed by atoms with E-state index in [-0.39, 0.29) is 0 Å². The molecule has 1 nitrogen and oxygen atoms in total. The summed E-state index contributed by atoms with van der Waals surface area (Å²) in [5.74, 6) is 0. The Labute approximate surface area is 99.8 Å². The minimum atomic E-state index is -4.90. The van der Waals surface area contributed by atoms with Crippen LogP contribution in [0.2, 0.25) is 0 Å². The number of rotatable bonds is 0. The molecule has 1 rings (SSSR count). The van der Waals surface area contributed by atoms with E-state index in [1.807, 2.05) is 0 Å². The normalized spacial score (nSPS) is 12.9. The van der Waals surface area contributed by atoms with Crippen LogP contribution in [0.5, 0.6) is 0 Å². The van der Waals surface area contributed by atoms with Crippen LogP contribution in [0, 0.1) is 3.57 Å². The van der Waals surface area contributed by atoms with Crippen LogP contribution >= 0.6 is 22.6 Å². The van der Waals surface area contributed by atoms with Gasteiger partial charge in [-0.3, -0.25) is 0 Å². The Morgan fingerprint density at radius 1 is 0.938 bits per heavy atom. The van der Waals surface area contributed by atoms with Gasteiger partial charge in [0.15, 0.2) is 0 Å². The average Bonchev–Trinajstić information content (AvgIpc) is 1.97. The topological polar surface area (TPSA) is 26.0 Å². The molecule has 0 amide bonds. The van der Waals surface area contributed by atoms with Crippen molar-refractivity contribution in [1.29, 1.82) is 0 Å². The molecule has 90 valence electrons. The second kappa shape index (κ2) is 3.97. The zero-order chi connectivity index (χ0) is 12.7. The lowest BCUT2D eigenvalue weighted by Gasteiger charge is -2.16. The number of hydrogen-bond donors (Lipinski definition) is 1. The van der Waals surface area contributed by atoms with Gasteiger partial charge in [-0.05, 0) is 34.7 Å². The third-order valence-electron chi connectivity index (χ3n) is 1.76. The van der Waals surface area contributed by atoms with Crippen LogP contribution in [-0.4, -0.2) is 0 Å². The van der Waals surface area contributed by atoms with Crippen molar-refractivity contribution in [2.75, 3.05) is 5.73 Å². The Kier molecular flexibility index (Phi) is 3.32. The van der Waals surface area contributed by atoms with Crippen molar-refractivity contribution in [3.63, 3.8) is 0 Å². The van der Waals surface area contributed by atoms with Crippen molar-refractivity contribution in [3.05, 3.63) is 26.8 Å². The van der Waals surface area contributed by atoms with Crippen LogP contribution in [-0.2, 0) is 12.4 Å². The summed E-state index contributed by atoms with van der Waals surface area (Å²) in [5, 5.41) is 0. The molecular weight excluding hydrogens is 351 g/mol. The molecule has 0 saturated heterocycles. The summed E-state index contributed by atoms with van der Waals surface area (Å²) >= 11 is 0.997. The SMILES string of the molecule is Nc1ccc(C(F)(F)F)c(I)c1C(F)(F)F. The summed E-state index contributed by atoms with van der Waals surface area (Å²) in [6, 6.07) is 1.14. The first-order valence-corrected chi connectivity index (χ1v) is 4.85. The van der Waals surface area contributed by atoms with E-state index in [1.54, 1.807) is 0 Å². The monoisotopic (exact) mass is 355 g/mol. The molecule has 8 heteroatoms. The number of anilines is 1. The lowest BCUT2D eigenvalue weighted by atomic mass is 10.1. The van der Waals surface area contributed by atoms with Gasteiger partial charge in [0.2, 0.25) is 0 Å². The van der Waals surface area contributed by atoms with Crippen molar-refractivity contribution in [1.82, 2.24) is 0 Å². The van der Waals surface area contributed by atoms with Gasteiger partial charge in [-0.1, -0.05) is 0 Å². The molecule has 0 unspecified atom stereocenters. The van der Waals surface area contributed by atoms with Crippen molar-refractivity contribution < 1.29 is 26.3 Å². The smallest absolute Gasteiger partial charge is 0.398 e. The highest BCUT2D eigenvalue weighted by Gasteiger charge is 2.41. The highest BCUT2D eigenvalue weighted by Crippen LogP contribution is 2.42. The first-order chi connectivity index (χ1) is 7.05. The molecular formula is C8H4F6IN. The lowest BCUT2D eigenvalue weighted by molar-refractivity contribution is -0.143. The fourth-order valence-electron chi connectivity index (χ4n) is 1.10. The zero-order valence-corrected chi connectivity index (χ0v) is 9.54. The van der Waals surface area contributed by atoms with Crippen molar-refractivity contribution in [3.8, 4) is 0 Å². The molecule has 0 saturated carbocycles. The summed E-state index contributed by atoms with van der Waals surface area (Å²) < 4.78 is 73.4. The standard InChI is InChI=1S/C8H4F6IN/c9-7(10,11)3-1-2-4(16)5(6(3)15)8(12,13)14/h1-2H,16H2. The van der Waals surface area contributed by atoms with Gasteiger partial charge in [-0.2, -0.15) is 26.3 Å². The van der Waals surface area contributed by atoms with Crippen molar-refractivity contribution in [2.24, 2.45) is 0 Å². The molecule has 0 bridgehead atoms. The third kappa shape index (κ3) is 2.53. The number of nitrogens with two attached hydrogens (primary N) is 1. The molecule has 1 aromatic rings.